The molecule has 0 aromatic heterocycles. The Morgan fingerprint density at radius 3 is 1.37 bits per heavy atom. The van der Waals surface area contributed by atoms with Gasteiger partial charge in [-0.2, -0.15) is 0 Å². The number of aliphatic hydroxyl groups excluding tert-OH is 2. The van der Waals surface area contributed by atoms with Gasteiger partial charge in [-0.15, -0.1) is 0 Å². The van der Waals surface area contributed by atoms with Gasteiger partial charge in [0.2, 0.25) is 11.4 Å². The van der Waals surface area contributed by atoms with Crippen molar-refractivity contribution in [3.63, 3.8) is 0 Å². The van der Waals surface area contributed by atoms with E-state index in [1.54, 1.807) is 0 Å². The Morgan fingerprint density at radius 1 is 0.551 bits per heavy atom. The minimum absolute atomic E-state index is 0. The number of hydrogen-bond donors (Lipinski definition) is 2. The van der Waals surface area contributed by atoms with Gasteiger partial charge < -0.3 is 15.7 Å². The third-order valence-electron chi connectivity index (χ3n) is 8.45. The van der Waals surface area contributed by atoms with Gasteiger partial charge in [0.15, 0.2) is 0 Å². The van der Waals surface area contributed by atoms with Crippen LogP contribution in [0.2, 0.25) is 0 Å². The van der Waals surface area contributed by atoms with Crippen molar-refractivity contribution in [2.75, 3.05) is 13.2 Å². The van der Waals surface area contributed by atoms with Crippen molar-refractivity contribution in [2.24, 2.45) is 0 Å². The Hall–Kier alpha value is -2.34. The molecule has 0 saturated carbocycles. The summed E-state index contributed by atoms with van der Waals surface area (Å²) < 4.78 is 1.51. The van der Waals surface area contributed by atoms with Crippen LogP contribution < -0.4 is 0 Å². The van der Waals surface area contributed by atoms with Crippen molar-refractivity contribution in [2.45, 2.75) is 158 Å². The molecule has 3 rings (SSSR count). The van der Waals surface area contributed by atoms with E-state index in [2.05, 4.69) is 89.8 Å². The van der Waals surface area contributed by atoms with E-state index in [0.29, 0.717) is 13.2 Å². The van der Waals surface area contributed by atoms with Gasteiger partial charge in [0, 0.05) is 56.8 Å². The molecule has 0 amide bonds. The van der Waals surface area contributed by atoms with Gasteiger partial charge in [-0.05, 0) is 117 Å². The van der Waals surface area contributed by atoms with E-state index in [1.165, 1.54) is 58.2 Å². The van der Waals surface area contributed by atoms with Crippen LogP contribution in [0.25, 0.3) is 16.9 Å². The molecule has 2 aromatic rings. The Kier molecular flexibility index (Phi) is 27.0. The Labute approximate surface area is 315 Å². The van der Waals surface area contributed by atoms with E-state index < -0.39 is 0 Å². The van der Waals surface area contributed by atoms with Crippen molar-refractivity contribution < 1.29 is 35.3 Å². The van der Waals surface area contributed by atoms with Crippen LogP contribution in [0.1, 0.15) is 166 Å². The van der Waals surface area contributed by atoms with Crippen LogP contribution in [0.3, 0.4) is 0 Å². The molecule has 0 unspecified atom stereocenters. The van der Waals surface area contributed by atoms with Crippen molar-refractivity contribution >= 4 is 11.4 Å². The number of allylic oxidation sites excluding steroid dienone is 2. The maximum absolute atomic E-state index is 12.1. The van der Waals surface area contributed by atoms with E-state index in [9.17, 15) is 5.53 Å². The quantitative estimate of drug-likeness (QED) is 0.0729. The summed E-state index contributed by atoms with van der Waals surface area (Å²) in [6.45, 7) is 17.9. The molecule has 0 radical (unpaired) electrons. The first kappa shape index (κ1) is 46.7. The molecule has 2 N–H and O–H groups in total. The van der Waals surface area contributed by atoms with Crippen LogP contribution in [-0.4, -0.2) is 28.1 Å². The van der Waals surface area contributed by atoms with Crippen molar-refractivity contribution in [1.29, 1.82) is 0 Å². The summed E-state index contributed by atoms with van der Waals surface area (Å²) in [4.78, 5) is 0. The summed E-state index contributed by atoms with van der Waals surface area (Å²) >= 11 is 0. The van der Waals surface area contributed by atoms with Gasteiger partial charge in [-0.1, -0.05) is 105 Å². The number of unbranched alkanes of at least 4 members (excludes halogenated alkanes) is 5. The summed E-state index contributed by atoms with van der Waals surface area (Å²) in [5.41, 5.74) is 23.7. The monoisotopic (exact) mass is 762 g/mol. The zero-order valence-corrected chi connectivity index (χ0v) is 33.9. The molecule has 1 aliphatic heterocycles. The molecule has 0 bridgehead atoms. The number of hydrogen-bond acceptors (Lipinski definition) is 2. The molecule has 0 fully saturated rings. The van der Waals surface area contributed by atoms with Gasteiger partial charge >= 0.3 is 0 Å². The molecule has 1 heterocycles. The summed E-state index contributed by atoms with van der Waals surface area (Å²) in [5, 5.41) is 15.8. The van der Waals surface area contributed by atoms with Crippen LogP contribution in [-0.2, 0) is 46.1 Å². The summed E-state index contributed by atoms with van der Waals surface area (Å²) in [7, 11) is 0. The molecule has 0 saturated heterocycles. The standard InChI is InChI=1S/C38H52N2.2C3H8O.Pd/c1-7-13-17-18-22-36-35(21-16-10-4)37(33-25-29(11-5)23-31(27-33)19-14-8-2)40(39)38(36)34-26-30(12-6)24-32(28-34)20-15-9-3;2*1-2-3-4;/h23-28H,7-17,19-21H2,1-6H3;2*4H,2-3H2,1H3;. The van der Waals surface area contributed by atoms with E-state index >= 15 is 0 Å². The fourth-order valence-electron chi connectivity index (χ4n) is 5.58. The minimum Gasteiger partial charge on any atom is -0.493 e. The van der Waals surface area contributed by atoms with E-state index in [0.717, 1.165) is 105 Å². The number of benzene rings is 2. The second kappa shape index (κ2) is 28.4. The first-order valence-corrected chi connectivity index (χ1v) is 19.3. The van der Waals surface area contributed by atoms with Crippen LogP contribution >= 0.6 is 0 Å². The second-order valence-corrected chi connectivity index (χ2v) is 12.8. The predicted octanol–water partition coefficient (Wildman–Crippen LogP) is 11.8. The van der Waals surface area contributed by atoms with Crippen LogP contribution in [0.15, 0.2) is 47.5 Å². The average Bonchev–Trinajstić information content (AvgIpc) is 3.40. The first-order chi connectivity index (χ1) is 23.3. The van der Waals surface area contributed by atoms with Gasteiger partial charge in [0.05, 0.1) is 0 Å². The van der Waals surface area contributed by atoms with Crippen LogP contribution in [0, 0.1) is 11.8 Å². The third kappa shape index (κ3) is 16.0. The summed E-state index contributed by atoms with van der Waals surface area (Å²) in [5.74, 6) is 7.09. The first-order valence-electron chi connectivity index (χ1n) is 19.3. The number of aliphatic hydroxyl groups is 2. The Bertz CT molecular complexity index is 1350. The zero-order valence-electron chi connectivity index (χ0n) is 32.3. The topological polar surface area (TPSA) is 65.8 Å². The van der Waals surface area contributed by atoms with Crippen molar-refractivity contribution in [3.05, 3.63) is 86.5 Å². The average molecular weight is 763 g/mol. The molecular formula is C44H68N2O2Pd. The summed E-state index contributed by atoms with van der Waals surface area (Å²) in [6.07, 6.45) is 16.8. The fraction of sp³-hybridized carbons (Fsp3) is 0.591. The van der Waals surface area contributed by atoms with E-state index in [-0.39, 0.29) is 20.4 Å². The van der Waals surface area contributed by atoms with Gasteiger partial charge in [0.1, 0.15) is 5.57 Å². The molecular weight excluding hydrogens is 695 g/mol. The molecule has 0 spiro atoms. The molecule has 4 nitrogen and oxygen atoms in total. The molecule has 49 heavy (non-hydrogen) atoms. The van der Waals surface area contributed by atoms with Crippen molar-refractivity contribution in [3.8, 4) is 11.8 Å². The number of rotatable bonds is 17. The zero-order chi connectivity index (χ0) is 35.7. The van der Waals surface area contributed by atoms with Gasteiger partial charge in [0.25, 0.3) is 0 Å². The van der Waals surface area contributed by atoms with Crippen molar-refractivity contribution in [1.82, 2.24) is 0 Å². The van der Waals surface area contributed by atoms with Crippen LogP contribution in [0.5, 0.6) is 0 Å². The van der Waals surface area contributed by atoms with Gasteiger partial charge in [-0.3, -0.25) is 0 Å². The normalized spacial score (nSPS) is 12.1. The van der Waals surface area contributed by atoms with Gasteiger partial charge in [-0.25, -0.2) is 4.70 Å². The summed E-state index contributed by atoms with van der Waals surface area (Å²) in [6, 6.07) is 13.9. The molecule has 0 aliphatic carbocycles. The molecule has 2 aromatic carbocycles. The van der Waals surface area contributed by atoms with E-state index in [1.807, 2.05) is 13.8 Å². The maximum Gasteiger partial charge on any atom is 0.223 e. The van der Waals surface area contributed by atoms with Crippen LogP contribution in [0.4, 0.5) is 0 Å². The molecule has 5 heteroatoms. The fourth-order valence-corrected chi connectivity index (χ4v) is 5.58. The second-order valence-electron chi connectivity index (χ2n) is 12.8. The maximum atomic E-state index is 12.1. The third-order valence-corrected chi connectivity index (χ3v) is 8.45. The SMILES string of the molecule is CCCCC#CC1=C(c2cc(CC)cc(CCCC)c2)[N+](=[N-])C(c2cc(CC)cc(CCCC)c2)=C1CCCC.CCCO.CCCO.[Pd]. The Morgan fingerprint density at radius 2 is 0.959 bits per heavy atom. The van der Waals surface area contributed by atoms with E-state index in [4.69, 9.17) is 10.2 Å². The Balaban J connectivity index is 0.00000230. The minimum atomic E-state index is 0. The molecule has 1 aliphatic rings. The number of aryl methyl sites for hydroxylation is 4. The smallest absolute Gasteiger partial charge is 0.223 e. The number of nitrogens with zero attached hydrogens (tertiary/aromatic N) is 2. The molecule has 0 atom stereocenters. The predicted molar refractivity (Wildman–Crippen MR) is 208 cm³/mol. The largest absolute Gasteiger partial charge is 0.493 e. The molecule has 276 valence electrons.